The van der Waals surface area contributed by atoms with Crippen LogP contribution in [0.5, 0.6) is 0 Å². The van der Waals surface area contributed by atoms with Gasteiger partial charge in [0.25, 0.3) is 0 Å². The lowest BCUT2D eigenvalue weighted by molar-refractivity contribution is 0.0675. The number of rotatable bonds is 6. The summed E-state index contributed by atoms with van der Waals surface area (Å²) in [4.78, 5) is 2.30. The van der Waals surface area contributed by atoms with Crippen LogP contribution in [0.15, 0.2) is 18.2 Å². The van der Waals surface area contributed by atoms with Gasteiger partial charge in [-0.05, 0) is 36.5 Å². The number of hydrogen-bond acceptors (Lipinski definition) is 5. The van der Waals surface area contributed by atoms with Gasteiger partial charge in [-0.1, -0.05) is 26.8 Å². The second-order valence-electron chi connectivity index (χ2n) is 7.23. The van der Waals surface area contributed by atoms with Crippen LogP contribution in [0.4, 0.5) is 11.4 Å². The van der Waals surface area contributed by atoms with E-state index in [-0.39, 0.29) is 5.25 Å². The minimum Gasteiger partial charge on any atom is -0.397 e. The van der Waals surface area contributed by atoms with Crippen LogP contribution in [0.1, 0.15) is 39.2 Å². The number of benzene rings is 1. The van der Waals surface area contributed by atoms with Gasteiger partial charge in [-0.15, -0.1) is 0 Å². The maximum atomic E-state index is 9.74. The molecular weight excluding hydrogens is 318 g/mol. The largest absolute Gasteiger partial charge is 0.397 e. The quantitative estimate of drug-likeness (QED) is 0.609. The number of nitrogen functional groups attached to an aromatic ring is 1. The van der Waals surface area contributed by atoms with Crippen LogP contribution >= 0.6 is 12.6 Å². The average molecular weight is 348 g/mol. The zero-order chi connectivity index (χ0) is 17.7. The lowest BCUT2D eigenvalue weighted by Gasteiger charge is -2.33. The van der Waals surface area contributed by atoms with Gasteiger partial charge >= 0.3 is 0 Å². The molecule has 2 rings (SSSR count). The number of nitriles is 1. The summed E-state index contributed by atoms with van der Waals surface area (Å²) in [5.74, 6) is 0.539. The topological polar surface area (TPSA) is 62.3 Å². The first-order valence-electron chi connectivity index (χ1n) is 8.70. The molecule has 0 bridgehead atoms. The highest BCUT2D eigenvalue weighted by Gasteiger charge is 2.35. The summed E-state index contributed by atoms with van der Waals surface area (Å²) in [5.41, 5.74) is 8.71. The Labute approximate surface area is 151 Å². The second-order valence-corrected chi connectivity index (χ2v) is 8.11. The highest BCUT2D eigenvalue weighted by atomic mass is 32.1. The van der Waals surface area contributed by atoms with Crippen LogP contribution in [-0.4, -0.2) is 31.6 Å². The van der Waals surface area contributed by atoms with E-state index < -0.39 is 5.41 Å². The van der Waals surface area contributed by atoms with Crippen molar-refractivity contribution in [1.29, 1.82) is 5.26 Å². The van der Waals surface area contributed by atoms with Crippen molar-refractivity contribution in [2.24, 2.45) is 5.92 Å². The van der Waals surface area contributed by atoms with Gasteiger partial charge in [0.15, 0.2) is 0 Å². The molecule has 1 unspecified atom stereocenters. The Kier molecular flexibility index (Phi) is 6.42. The van der Waals surface area contributed by atoms with Crippen molar-refractivity contribution in [2.45, 2.75) is 44.3 Å². The molecular formula is C19H29N3OS. The van der Waals surface area contributed by atoms with E-state index in [0.717, 1.165) is 42.9 Å². The summed E-state index contributed by atoms with van der Waals surface area (Å²) >= 11 is 4.54. The molecule has 1 atom stereocenters. The SMILES string of the molecule is CC(C)CN(CC(C)S)c1ccc(C2(C#N)CCOCC2)cc1N. The predicted molar refractivity (Wildman–Crippen MR) is 104 cm³/mol. The minimum absolute atomic E-state index is 0.267. The predicted octanol–water partition coefficient (Wildman–Crippen LogP) is 3.62. The molecule has 2 N–H and O–H groups in total. The zero-order valence-electron chi connectivity index (χ0n) is 15.0. The first kappa shape index (κ1) is 19.0. The van der Waals surface area contributed by atoms with Gasteiger partial charge in [0.05, 0.1) is 22.9 Å². The molecule has 1 saturated heterocycles. The summed E-state index contributed by atoms with van der Waals surface area (Å²) in [5, 5.41) is 10.0. The van der Waals surface area contributed by atoms with Gasteiger partial charge in [-0.3, -0.25) is 0 Å². The molecule has 1 aromatic carbocycles. The van der Waals surface area contributed by atoms with Crippen molar-refractivity contribution in [1.82, 2.24) is 0 Å². The molecule has 132 valence electrons. The highest BCUT2D eigenvalue weighted by molar-refractivity contribution is 7.80. The number of hydrogen-bond donors (Lipinski definition) is 2. The van der Waals surface area contributed by atoms with Crippen molar-refractivity contribution in [2.75, 3.05) is 36.9 Å². The third kappa shape index (κ3) is 4.37. The van der Waals surface area contributed by atoms with E-state index in [4.69, 9.17) is 10.5 Å². The minimum atomic E-state index is -0.468. The molecule has 0 aliphatic carbocycles. The van der Waals surface area contributed by atoms with Crippen molar-refractivity contribution in [3.05, 3.63) is 23.8 Å². The molecule has 1 fully saturated rings. The molecule has 1 aliphatic heterocycles. The summed E-state index contributed by atoms with van der Waals surface area (Å²) < 4.78 is 5.43. The molecule has 24 heavy (non-hydrogen) atoms. The van der Waals surface area contributed by atoms with E-state index in [1.54, 1.807) is 0 Å². The molecule has 0 amide bonds. The monoisotopic (exact) mass is 347 g/mol. The van der Waals surface area contributed by atoms with E-state index in [2.05, 4.69) is 56.5 Å². The number of anilines is 2. The Morgan fingerprint density at radius 2 is 1.96 bits per heavy atom. The Hall–Kier alpha value is -1.38. The fraction of sp³-hybridized carbons (Fsp3) is 0.632. The summed E-state index contributed by atoms with van der Waals surface area (Å²) in [7, 11) is 0. The lowest BCUT2D eigenvalue weighted by Crippen LogP contribution is -2.34. The van der Waals surface area contributed by atoms with Crippen LogP contribution < -0.4 is 10.6 Å². The maximum absolute atomic E-state index is 9.74. The third-order valence-electron chi connectivity index (χ3n) is 4.55. The van der Waals surface area contributed by atoms with Gasteiger partial charge in [-0.25, -0.2) is 0 Å². The fourth-order valence-electron chi connectivity index (χ4n) is 3.36. The molecule has 0 radical (unpaired) electrons. The lowest BCUT2D eigenvalue weighted by atomic mass is 9.75. The second kappa shape index (κ2) is 8.13. The third-order valence-corrected chi connectivity index (χ3v) is 4.71. The normalized spacial score (nSPS) is 18.2. The number of ether oxygens (including phenoxy) is 1. The molecule has 1 aromatic rings. The Morgan fingerprint density at radius 3 is 2.46 bits per heavy atom. The van der Waals surface area contributed by atoms with E-state index >= 15 is 0 Å². The van der Waals surface area contributed by atoms with Gasteiger partial charge in [0.1, 0.15) is 0 Å². The summed E-state index contributed by atoms with van der Waals surface area (Å²) in [6, 6.07) is 8.63. The fourth-order valence-corrected chi connectivity index (χ4v) is 3.55. The molecule has 0 aromatic heterocycles. The molecule has 1 heterocycles. The van der Waals surface area contributed by atoms with Crippen LogP contribution in [0.25, 0.3) is 0 Å². The number of nitrogens with zero attached hydrogens (tertiary/aromatic N) is 2. The smallest absolute Gasteiger partial charge is 0.0866 e. The van der Waals surface area contributed by atoms with Crippen molar-refractivity contribution in [3.63, 3.8) is 0 Å². The van der Waals surface area contributed by atoms with Crippen molar-refractivity contribution < 1.29 is 4.74 Å². The first-order valence-corrected chi connectivity index (χ1v) is 9.21. The number of nitrogens with two attached hydrogens (primary N) is 1. The van der Waals surface area contributed by atoms with Crippen LogP contribution in [0.2, 0.25) is 0 Å². The maximum Gasteiger partial charge on any atom is 0.0866 e. The number of thiol groups is 1. The van der Waals surface area contributed by atoms with Gasteiger partial charge in [0.2, 0.25) is 0 Å². The Morgan fingerprint density at radius 1 is 1.29 bits per heavy atom. The molecule has 0 saturated carbocycles. The summed E-state index contributed by atoms with van der Waals surface area (Å²) in [6.45, 7) is 9.54. The molecule has 5 heteroatoms. The van der Waals surface area contributed by atoms with Gasteiger partial charge in [-0.2, -0.15) is 17.9 Å². The standard InChI is InChI=1S/C19H29N3OS/c1-14(2)11-22(12-15(3)24)18-5-4-16(10-17(18)21)19(13-20)6-8-23-9-7-19/h4-5,10,14-15,24H,6-9,11-12,21H2,1-3H3. The van der Waals surface area contributed by atoms with E-state index in [1.165, 1.54) is 0 Å². The molecule has 0 spiro atoms. The zero-order valence-corrected chi connectivity index (χ0v) is 15.9. The van der Waals surface area contributed by atoms with Crippen LogP contribution in [-0.2, 0) is 10.2 Å². The summed E-state index contributed by atoms with van der Waals surface area (Å²) in [6.07, 6.45) is 1.46. The van der Waals surface area contributed by atoms with E-state index in [1.807, 2.05) is 6.07 Å². The average Bonchev–Trinajstić information content (AvgIpc) is 2.54. The van der Waals surface area contributed by atoms with Gasteiger partial charge < -0.3 is 15.4 Å². The van der Waals surface area contributed by atoms with Crippen molar-refractivity contribution >= 4 is 24.0 Å². The highest BCUT2D eigenvalue weighted by Crippen LogP contribution is 2.37. The van der Waals surface area contributed by atoms with Crippen LogP contribution in [0, 0.1) is 17.2 Å². The Balaban J connectivity index is 2.32. The van der Waals surface area contributed by atoms with Crippen LogP contribution in [0.3, 0.4) is 0 Å². The van der Waals surface area contributed by atoms with E-state index in [9.17, 15) is 5.26 Å². The molecule has 4 nitrogen and oxygen atoms in total. The van der Waals surface area contributed by atoms with Gasteiger partial charge in [0, 0.05) is 31.6 Å². The van der Waals surface area contributed by atoms with Crippen molar-refractivity contribution in [3.8, 4) is 6.07 Å². The van der Waals surface area contributed by atoms with E-state index in [0.29, 0.717) is 19.1 Å². The Bertz CT molecular complexity index is 579. The first-order chi connectivity index (χ1) is 11.4. The molecule has 1 aliphatic rings.